The van der Waals surface area contributed by atoms with Gasteiger partial charge >= 0.3 is 31.1 Å². The van der Waals surface area contributed by atoms with Crippen LogP contribution in [-0.4, -0.2) is 30.7 Å². The SMILES string of the molecule is [CH2-][C@H]1[C@H](CCn2ccnc2)OCC[C@]1(c1[c-]c(I)ccc1F)S(=O)(=O)c1ccc(I)cc1.[U+2]. The molecule has 0 spiro atoms. The Morgan fingerprint density at radius 2 is 1.97 bits per heavy atom. The molecule has 0 unspecified atom stereocenters. The van der Waals surface area contributed by atoms with Crippen LogP contribution >= 0.6 is 45.2 Å². The Kier molecular flexibility index (Phi) is 9.51. The summed E-state index contributed by atoms with van der Waals surface area (Å²) in [7, 11) is -4.03. The molecule has 1 aliphatic rings. The van der Waals surface area contributed by atoms with E-state index >= 15 is 4.39 Å². The predicted octanol–water partition coefficient (Wildman–Crippen LogP) is 5.03. The number of rotatable bonds is 6. The molecule has 0 amide bonds. The summed E-state index contributed by atoms with van der Waals surface area (Å²) in [5.74, 6) is -1.34. The molecule has 1 fully saturated rings. The first-order chi connectivity index (χ1) is 15.3. The van der Waals surface area contributed by atoms with Crippen LogP contribution in [0.25, 0.3) is 0 Å². The molecule has 10 heteroatoms. The summed E-state index contributed by atoms with van der Waals surface area (Å²) >= 11 is 4.15. The Bertz CT molecular complexity index is 1190. The number of aromatic nitrogens is 2. The minimum Gasteiger partial charge on any atom is -0.380 e. The molecule has 5 nitrogen and oxygen atoms in total. The van der Waals surface area contributed by atoms with Crippen molar-refractivity contribution in [3.05, 3.63) is 86.6 Å². The summed E-state index contributed by atoms with van der Waals surface area (Å²) in [4.78, 5) is 4.19. The largest absolute Gasteiger partial charge is 2.00 e. The first kappa shape index (κ1) is 27.6. The Balaban J connectivity index is 0.00000306. The number of hydrogen-bond donors (Lipinski definition) is 0. The van der Waals surface area contributed by atoms with Crippen LogP contribution < -0.4 is 0 Å². The third kappa shape index (κ3) is 5.41. The van der Waals surface area contributed by atoms with Crippen molar-refractivity contribution in [2.24, 2.45) is 5.92 Å². The number of benzene rings is 2. The van der Waals surface area contributed by atoms with Gasteiger partial charge in [0.25, 0.3) is 0 Å². The molecule has 1 saturated heterocycles. The molecule has 2 aromatic carbocycles. The number of ether oxygens (including phenoxy) is 1. The molecule has 0 saturated carbocycles. The van der Waals surface area contributed by atoms with Crippen LogP contribution in [0.2, 0.25) is 0 Å². The standard InChI is InChI=1S/C23H21FI2N2O3S.U/c1-16-22(8-11-28-12-10-27-15-28)31-13-9-23(16,20-14-18(26)4-7-21(20)24)32(29,30)19-5-2-17(25)3-6-19;/h2-7,10,12,15-16,22H,1,8-9,11,13H2;/q-2;+2/t16-,22-,23-;/m0./s1. The zero-order valence-corrected chi connectivity index (χ0v) is 26.8. The van der Waals surface area contributed by atoms with E-state index in [-0.39, 0.29) is 54.6 Å². The predicted molar refractivity (Wildman–Crippen MR) is 136 cm³/mol. The molecule has 1 aromatic heterocycles. The van der Waals surface area contributed by atoms with Gasteiger partial charge in [-0.3, -0.25) is 4.39 Å². The fraction of sp³-hybridized carbons (Fsp3) is 0.304. The van der Waals surface area contributed by atoms with Crippen molar-refractivity contribution in [3.8, 4) is 0 Å². The van der Waals surface area contributed by atoms with Gasteiger partial charge in [0.05, 0.1) is 16.0 Å². The van der Waals surface area contributed by atoms with Crippen molar-refractivity contribution in [3.63, 3.8) is 0 Å². The summed E-state index contributed by atoms with van der Waals surface area (Å²) in [5, 5.41) is 0. The molecular formula is C23H21FI2N2O3SU. The van der Waals surface area contributed by atoms with Gasteiger partial charge in [0.1, 0.15) is 0 Å². The van der Waals surface area contributed by atoms with Crippen LogP contribution in [-0.2, 0) is 25.9 Å². The minimum atomic E-state index is -4.03. The van der Waals surface area contributed by atoms with E-state index in [0.717, 1.165) is 3.57 Å². The van der Waals surface area contributed by atoms with E-state index in [1.54, 1.807) is 42.9 Å². The van der Waals surface area contributed by atoms with Gasteiger partial charge in [-0.15, -0.1) is 17.5 Å². The van der Waals surface area contributed by atoms with Gasteiger partial charge in [0, 0.05) is 41.0 Å². The molecule has 1 aliphatic heterocycles. The Morgan fingerprint density at radius 1 is 1.24 bits per heavy atom. The molecule has 3 aromatic rings. The van der Waals surface area contributed by atoms with Crippen LogP contribution in [0.1, 0.15) is 18.4 Å². The summed E-state index contributed by atoms with van der Waals surface area (Å²) in [6.45, 7) is 5.04. The molecule has 33 heavy (non-hydrogen) atoms. The van der Waals surface area contributed by atoms with Gasteiger partial charge < -0.3 is 16.2 Å². The fourth-order valence-electron chi connectivity index (χ4n) is 4.30. The monoisotopic (exact) mass is 916 g/mol. The van der Waals surface area contributed by atoms with Crippen molar-refractivity contribution in [1.82, 2.24) is 9.55 Å². The van der Waals surface area contributed by atoms with E-state index < -0.39 is 32.4 Å². The number of hydrogen-bond acceptors (Lipinski definition) is 4. The van der Waals surface area contributed by atoms with E-state index in [2.05, 4.69) is 40.6 Å². The van der Waals surface area contributed by atoms with E-state index in [1.165, 1.54) is 6.07 Å². The second-order valence-electron chi connectivity index (χ2n) is 7.73. The minimum absolute atomic E-state index is 0. The zero-order valence-electron chi connectivity index (χ0n) is 17.5. The van der Waals surface area contributed by atoms with Crippen LogP contribution in [0.15, 0.2) is 60.0 Å². The maximum atomic E-state index is 15.2. The normalized spacial score (nSPS) is 23.2. The van der Waals surface area contributed by atoms with Crippen molar-refractivity contribution in [2.45, 2.75) is 35.1 Å². The fourth-order valence-corrected chi connectivity index (χ4v) is 7.35. The molecular weight excluding hydrogens is 895 g/mol. The number of sulfone groups is 1. The molecule has 0 bridgehead atoms. The van der Waals surface area contributed by atoms with Crippen LogP contribution in [0, 0.1) is 63.0 Å². The summed E-state index contributed by atoms with van der Waals surface area (Å²) < 4.78 is 51.4. The second-order valence-corrected chi connectivity index (χ2v) is 12.3. The van der Waals surface area contributed by atoms with Gasteiger partial charge in [0.2, 0.25) is 0 Å². The zero-order chi connectivity index (χ0) is 22.9. The van der Waals surface area contributed by atoms with E-state index in [0.29, 0.717) is 16.5 Å². The maximum Gasteiger partial charge on any atom is 2.00 e. The third-order valence-corrected chi connectivity index (χ3v) is 9.88. The van der Waals surface area contributed by atoms with Crippen LogP contribution in [0.5, 0.6) is 0 Å². The van der Waals surface area contributed by atoms with Gasteiger partial charge in [-0.2, -0.15) is 12.1 Å². The molecule has 3 atom stereocenters. The van der Waals surface area contributed by atoms with Crippen LogP contribution in [0.3, 0.4) is 0 Å². The van der Waals surface area contributed by atoms with Crippen molar-refractivity contribution < 1.29 is 48.7 Å². The number of imidazole rings is 1. The van der Waals surface area contributed by atoms with E-state index in [4.69, 9.17) is 4.74 Å². The summed E-state index contributed by atoms with van der Waals surface area (Å²) in [6.07, 6.45) is 5.37. The van der Waals surface area contributed by atoms with Gasteiger partial charge in [-0.25, -0.2) is 13.4 Å². The smallest absolute Gasteiger partial charge is 0.380 e. The first-order valence-electron chi connectivity index (χ1n) is 10.0. The van der Waals surface area contributed by atoms with Gasteiger partial charge in [0.15, 0.2) is 9.84 Å². The van der Waals surface area contributed by atoms with Crippen LogP contribution in [0.4, 0.5) is 4.39 Å². The van der Waals surface area contributed by atoms with Crippen molar-refractivity contribution >= 4 is 55.0 Å². The number of aryl methyl sites for hydroxylation is 1. The molecule has 4 rings (SSSR count). The average molecular weight is 916 g/mol. The topological polar surface area (TPSA) is 61.2 Å². The molecule has 0 N–H and O–H groups in total. The number of halogens is 3. The molecule has 172 valence electrons. The molecule has 0 aliphatic carbocycles. The van der Waals surface area contributed by atoms with Gasteiger partial charge in [-0.1, -0.05) is 26.2 Å². The Morgan fingerprint density at radius 3 is 2.64 bits per heavy atom. The first-order valence-corrected chi connectivity index (χ1v) is 13.7. The quantitative estimate of drug-likeness (QED) is 0.258. The number of nitrogens with zero attached hydrogens (tertiary/aromatic N) is 2. The van der Waals surface area contributed by atoms with Crippen molar-refractivity contribution in [1.29, 1.82) is 0 Å². The average Bonchev–Trinajstić information content (AvgIpc) is 3.29. The van der Waals surface area contributed by atoms with Crippen molar-refractivity contribution in [2.75, 3.05) is 6.61 Å². The molecule has 0 radical (unpaired) electrons. The maximum absolute atomic E-state index is 15.2. The molecule has 2 heterocycles. The van der Waals surface area contributed by atoms with Gasteiger partial charge in [-0.05, 0) is 59.7 Å². The summed E-state index contributed by atoms with van der Waals surface area (Å²) in [5.41, 5.74) is 0.0406. The Hall–Kier alpha value is 0.00195. The summed E-state index contributed by atoms with van der Waals surface area (Å²) in [6, 6.07) is 12.5. The third-order valence-electron chi connectivity index (χ3n) is 5.97. The Labute approximate surface area is 244 Å². The second kappa shape index (κ2) is 11.4. The van der Waals surface area contributed by atoms with E-state index in [1.807, 2.05) is 33.4 Å². The van der Waals surface area contributed by atoms with E-state index in [9.17, 15) is 8.42 Å².